The van der Waals surface area contributed by atoms with Crippen molar-refractivity contribution >= 4 is 0 Å². The fraction of sp³-hybridized carbons (Fsp3) is 0.625. The van der Waals surface area contributed by atoms with Crippen molar-refractivity contribution in [2.45, 2.75) is 52.1 Å². The molecule has 1 aromatic carbocycles. The highest BCUT2D eigenvalue weighted by Crippen LogP contribution is 2.30. The van der Waals surface area contributed by atoms with Crippen molar-refractivity contribution in [3.05, 3.63) is 35.4 Å². The minimum atomic E-state index is -0.373. The predicted molar refractivity (Wildman–Crippen MR) is 73.8 cm³/mol. The van der Waals surface area contributed by atoms with Gasteiger partial charge in [0.25, 0.3) is 0 Å². The van der Waals surface area contributed by atoms with Crippen LogP contribution in [-0.4, -0.2) is 6.04 Å². The minimum absolute atomic E-state index is 0.329. The Morgan fingerprint density at radius 3 is 2.47 bits per heavy atom. The van der Waals surface area contributed by atoms with E-state index >= 15 is 0 Å². The Hall–Kier alpha value is -0.960. The summed E-state index contributed by atoms with van der Waals surface area (Å²) in [5, 5.41) is 3.36. The normalized spacial score (nSPS) is 23.8. The summed E-state index contributed by atoms with van der Waals surface area (Å²) >= 11 is 0. The van der Waals surface area contributed by atoms with E-state index in [1.165, 1.54) is 25.0 Å². The van der Waals surface area contributed by atoms with E-state index in [2.05, 4.69) is 19.2 Å². The van der Waals surface area contributed by atoms with Crippen LogP contribution < -0.4 is 5.32 Å². The molecule has 106 valence electrons. The molecule has 0 radical (unpaired) electrons. The largest absolute Gasteiger partial charge is 0.310 e. The number of hydrogen-bond donors (Lipinski definition) is 1. The van der Waals surface area contributed by atoms with Crippen LogP contribution in [0.4, 0.5) is 8.78 Å². The third kappa shape index (κ3) is 4.00. The zero-order valence-corrected chi connectivity index (χ0v) is 11.8. The van der Waals surface area contributed by atoms with Gasteiger partial charge in [-0.05, 0) is 55.7 Å². The summed E-state index contributed by atoms with van der Waals surface area (Å²) in [5.41, 5.74) is 0.422. The van der Waals surface area contributed by atoms with Crippen molar-refractivity contribution in [1.82, 2.24) is 5.32 Å². The zero-order chi connectivity index (χ0) is 13.8. The fourth-order valence-electron chi connectivity index (χ4n) is 2.92. The summed E-state index contributed by atoms with van der Waals surface area (Å²) in [6.45, 7) is 4.97. The lowest BCUT2D eigenvalue weighted by molar-refractivity contribution is 0.237. The third-order valence-corrected chi connectivity index (χ3v) is 4.30. The van der Waals surface area contributed by atoms with Crippen LogP contribution in [0.25, 0.3) is 0 Å². The molecular weight excluding hydrogens is 244 g/mol. The maximum absolute atomic E-state index is 13.5. The lowest BCUT2D eigenvalue weighted by Crippen LogP contribution is -2.34. The van der Waals surface area contributed by atoms with Crippen LogP contribution in [0.3, 0.4) is 0 Å². The van der Waals surface area contributed by atoms with Gasteiger partial charge in [-0.25, -0.2) is 8.78 Å². The number of rotatable bonds is 4. The van der Waals surface area contributed by atoms with Gasteiger partial charge in [-0.1, -0.05) is 13.8 Å². The molecule has 0 aromatic heterocycles. The van der Waals surface area contributed by atoms with Crippen LogP contribution in [0.2, 0.25) is 0 Å². The van der Waals surface area contributed by atoms with E-state index in [1.54, 1.807) is 0 Å². The molecule has 1 aromatic rings. The molecule has 1 saturated carbocycles. The first kappa shape index (κ1) is 14.4. The molecule has 2 rings (SSSR count). The second-order valence-corrected chi connectivity index (χ2v) is 5.97. The van der Waals surface area contributed by atoms with Crippen molar-refractivity contribution in [3.63, 3.8) is 0 Å². The number of benzene rings is 1. The molecule has 1 aliphatic rings. The third-order valence-electron chi connectivity index (χ3n) is 4.30. The SMILES string of the molecule is CC(C)C1CCC(NCc2cc(F)ccc2F)CC1. The number of nitrogens with one attached hydrogen (secondary N) is 1. The molecule has 19 heavy (non-hydrogen) atoms. The lowest BCUT2D eigenvalue weighted by Gasteiger charge is -2.31. The van der Waals surface area contributed by atoms with Crippen molar-refractivity contribution in [2.24, 2.45) is 11.8 Å². The Balaban J connectivity index is 1.82. The average molecular weight is 267 g/mol. The Kier molecular flexibility index (Phi) is 4.92. The van der Waals surface area contributed by atoms with Crippen LogP contribution in [-0.2, 0) is 6.54 Å². The van der Waals surface area contributed by atoms with E-state index in [9.17, 15) is 8.78 Å². The summed E-state index contributed by atoms with van der Waals surface area (Å²) in [5.74, 6) is 0.872. The molecule has 0 bridgehead atoms. The number of halogens is 2. The van der Waals surface area contributed by atoms with Crippen LogP contribution in [0.5, 0.6) is 0 Å². The average Bonchev–Trinajstić information content (AvgIpc) is 2.40. The number of hydrogen-bond acceptors (Lipinski definition) is 1. The topological polar surface area (TPSA) is 12.0 Å². The van der Waals surface area contributed by atoms with Crippen LogP contribution in [0.15, 0.2) is 18.2 Å². The highest BCUT2D eigenvalue weighted by molar-refractivity contribution is 5.18. The maximum atomic E-state index is 13.5. The van der Waals surface area contributed by atoms with Gasteiger partial charge in [0.05, 0.1) is 0 Å². The van der Waals surface area contributed by atoms with Gasteiger partial charge in [-0.15, -0.1) is 0 Å². The van der Waals surface area contributed by atoms with Crippen molar-refractivity contribution in [1.29, 1.82) is 0 Å². The van der Waals surface area contributed by atoms with E-state index in [1.807, 2.05) is 0 Å². The van der Waals surface area contributed by atoms with Crippen molar-refractivity contribution in [3.8, 4) is 0 Å². The van der Waals surface area contributed by atoms with Gasteiger partial charge in [0, 0.05) is 18.2 Å². The van der Waals surface area contributed by atoms with E-state index in [4.69, 9.17) is 0 Å². The van der Waals surface area contributed by atoms with Gasteiger partial charge in [-0.2, -0.15) is 0 Å². The van der Waals surface area contributed by atoms with Gasteiger partial charge < -0.3 is 5.32 Å². The first-order valence-electron chi connectivity index (χ1n) is 7.23. The Morgan fingerprint density at radius 2 is 1.84 bits per heavy atom. The van der Waals surface area contributed by atoms with Crippen molar-refractivity contribution in [2.75, 3.05) is 0 Å². The monoisotopic (exact) mass is 267 g/mol. The van der Waals surface area contributed by atoms with Gasteiger partial charge in [-0.3, -0.25) is 0 Å². The Morgan fingerprint density at radius 1 is 1.16 bits per heavy atom. The molecule has 1 aliphatic carbocycles. The smallest absolute Gasteiger partial charge is 0.127 e. The highest BCUT2D eigenvalue weighted by Gasteiger charge is 2.22. The second-order valence-electron chi connectivity index (χ2n) is 5.97. The standard InChI is InChI=1S/C16H23F2N/c1-11(2)12-3-6-15(7-4-12)19-10-13-9-14(17)5-8-16(13)18/h5,8-9,11-12,15,19H,3-4,6-7,10H2,1-2H3. The minimum Gasteiger partial charge on any atom is -0.310 e. The van der Waals surface area contributed by atoms with Crippen LogP contribution in [0, 0.1) is 23.5 Å². The molecule has 1 N–H and O–H groups in total. The maximum Gasteiger partial charge on any atom is 0.127 e. The van der Waals surface area contributed by atoms with Crippen molar-refractivity contribution < 1.29 is 8.78 Å². The van der Waals surface area contributed by atoms with E-state index in [0.29, 0.717) is 18.2 Å². The van der Waals surface area contributed by atoms with E-state index in [-0.39, 0.29) is 11.6 Å². The molecule has 0 atom stereocenters. The predicted octanol–water partition coefficient (Wildman–Crippen LogP) is 4.27. The molecule has 0 amide bonds. The quantitative estimate of drug-likeness (QED) is 0.859. The second kappa shape index (κ2) is 6.47. The van der Waals surface area contributed by atoms with E-state index < -0.39 is 0 Å². The summed E-state index contributed by atoms with van der Waals surface area (Å²) < 4.78 is 26.5. The molecular formula is C16H23F2N. The summed E-state index contributed by atoms with van der Waals surface area (Å²) in [7, 11) is 0. The lowest BCUT2D eigenvalue weighted by atomic mass is 9.80. The zero-order valence-electron chi connectivity index (χ0n) is 11.8. The molecule has 0 aliphatic heterocycles. The van der Waals surface area contributed by atoms with Gasteiger partial charge in [0.1, 0.15) is 11.6 Å². The van der Waals surface area contributed by atoms with Crippen LogP contribution in [0.1, 0.15) is 45.1 Å². The van der Waals surface area contributed by atoms with Gasteiger partial charge in [0.15, 0.2) is 0 Å². The fourth-order valence-corrected chi connectivity index (χ4v) is 2.92. The summed E-state index contributed by atoms with van der Waals surface area (Å²) in [6.07, 6.45) is 4.75. The first-order chi connectivity index (χ1) is 9.06. The summed E-state index contributed by atoms with van der Waals surface area (Å²) in [4.78, 5) is 0. The Labute approximate surface area is 114 Å². The van der Waals surface area contributed by atoms with Gasteiger partial charge in [0.2, 0.25) is 0 Å². The molecule has 3 heteroatoms. The highest BCUT2D eigenvalue weighted by atomic mass is 19.1. The molecule has 0 unspecified atom stereocenters. The van der Waals surface area contributed by atoms with Gasteiger partial charge >= 0.3 is 0 Å². The molecule has 1 fully saturated rings. The summed E-state index contributed by atoms with van der Waals surface area (Å²) in [6, 6.07) is 4.08. The molecule has 0 heterocycles. The molecule has 1 nitrogen and oxygen atoms in total. The first-order valence-corrected chi connectivity index (χ1v) is 7.23. The Bertz CT molecular complexity index is 409. The molecule has 0 saturated heterocycles. The molecule has 0 spiro atoms. The van der Waals surface area contributed by atoms with E-state index in [0.717, 1.165) is 30.7 Å². The van der Waals surface area contributed by atoms with Crippen LogP contribution >= 0.6 is 0 Å².